The first-order chi connectivity index (χ1) is 14.1. The monoisotopic (exact) mass is 394 g/mol. The van der Waals surface area contributed by atoms with Crippen molar-refractivity contribution in [2.24, 2.45) is 0 Å². The van der Waals surface area contributed by atoms with E-state index in [0.29, 0.717) is 25.5 Å². The van der Waals surface area contributed by atoms with Gasteiger partial charge in [0.05, 0.1) is 18.6 Å². The first kappa shape index (κ1) is 19.2. The molecule has 3 aromatic rings. The summed E-state index contributed by atoms with van der Waals surface area (Å²) in [6.45, 7) is 3.30. The third-order valence-corrected chi connectivity index (χ3v) is 5.47. The number of anilines is 2. The molecule has 1 aliphatic heterocycles. The lowest BCUT2D eigenvalue weighted by Gasteiger charge is -2.18. The maximum absolute atomic E-state index is 12.8. The van der Waals surface area contributed by atoms with E-state index in [4.69, 9.17) is 4.74 Å². The summed E-state index contributed by atoms with van der Waals surface area (Å²) >= 11 is 0. The van der Waals surface area contributed by atoms with Gasteiger partial charge in [-0.15, -0.1) is 0 Å². The number of methoxy groups -OCH3 is 1. The highest BCUT2D eigenvalue weighted by Crippen LogP contribution is 2.23. The Morgan fingerprint density at radius 1 is 1.31 bits per heavy atom. The van der Waals surface area contributed by atoms with E-state index in [1.54, 1.807) is 20.4 Å². The normalized spacial score (nSPS) is 18.9. The Hall–Kier alpha value is -3.13. The summed E-state index contributed by atoms with van der Waals surface area (Å²) < 4.78 is 5.64. The van der Waals surface area contributed by atoms with Gasteiger partial charge in [-0.3, -0.25) is 4.79 Å². The highest BCUT2D eigenvalue weighted by molar-refractivity contribution is 5.90. The fraction of sp³-hybridized carbons (Fsp3) is 0.381. The van der Waals surface area contributed by atoms with Gasteiger partial charge in [-0.1, -0.05) is 18.2 Å². The molecule has 3 heterocycles. The molecule has 2 atom stereocenters. The summed E-state index contributed by atoms with van der Waals surface area (Å²) in [6.07, 6.45) is 1.96. The molecule has 2 aromatic heterocycles. The standard InChI is InChI=1S/C21H26N6O2/c1-13-15(14-6-4-5-7-16(14)24-13)10-20(28)25-17-11-27(12-18(17)29-3)19-8-9-23-21(22-2)26-19/h4-9,17-18,24H,10-12H2,1-3H3,(H,25,28)(H,22,23,26)/t17-,18+/m1/s1. The van der Waals surface area contributed by atoms with Gasteiger partial charge in [0.2, 0.25) is 11.9 Å². The van der Waals surface area contributed by atoms with Gasteiger partial charge in [0.15, 0.2) is 0 Å². The topological polar surface area (TPSA) is 95.2 Å². The van der Waals surface area contributed by atoms with Gasteiger partial charge in [-0.25, -0.2) is 4.98 Å². The van der Waals surface area contributed by atoms with E-state index < -0.39 is 0 Å². The number of H-pyrrole nitrogens is 1. The van der Waals surface area contributed by atoms with Crippen molar-refractivity contribution in [2.75, 3.05) is 37.5 Å². The van der Waals surface area contributed by atoms with Crippen LogP contribution < -0.4 is 15.5 Å². The summed E-state index contributed by atoms with van der Waals surface area (Å²) in [7, 11) is 3.47. The molecule has 0 radical (unpaired) electrons. The zero-order chi connectivity index (χ0) is 20.4. The van der Waals surface area contributed by atoms with Crippen molar-refractivity contribution < 1.29 is 9.53 Å². The highest BCUT2D eigenvalue weighted by atomic mass is 16.5. The average Bonchev–Trinajstić information content (AvgIpc) is 3.28. The number of hydrogen-bond donors (Lipinski definition) is 3. The lowest BCUT2D eigenvalue weighted by atomic mass is 10.1. The van der Waals surface area contributed by atoms with E-state index >= 15 is 0 Å². The van der Waals surface area contributed by atoms with E-state index in [9.17, 15) is 4.79 Å². The van der Waals surface area contributed by atoms with Crippen LogP contribution in [-0.4, -0.2) is 60.3 Å². The van der Waals surface area contributed by atoms with Crippen molar-refractivity contribution >= 4 is 28.6 Å². The molecular weight excluding hydrogens is 368 g/mol. The van der Waals surface area contributed by atoms with Gasteiger partial charge >= 0.3 is 0 Å². The van der Waals surface area contributed by atoms with E-state index in [2.05, 4.69) is 30.5 Å². The van der Waals surface area contributed by atoms with Crippen LogP contribution >= 0.6 is 0 Å². The molecule has 29 heavy (non-hydrogen) atoms. The summed E-state index contributed by atoms with van der Waals surface area (Å²) in [4.78, 5) is 26.9. The number of ether oxygens (including phenoxy) is 1. The number of aromatic nitrogens is 3. The lowest BCUT2D eigenvalue weighted by molar-refractivity contribution is -0.121. The van der Waals surface area contributed by atoms with Gasteiger partial charge in [0, 0.05) is 50.0 Å². The molecule has 152 valence electrons. The van der Waals surface area contributed by atoms with Crippen LogP contribution in [0.15, 0.2) is 36.5 Å². The third kappa shape index (κ3) is 3.88. The minimum atomic E-state index is -0.106. The smallest absolute Gasteiger partial charge is 0.224 e. The molecule has 0 unspecified atom stereocenters. The average molecular weight is 394 g/mol. The molecule has 0 bridgehead atoms. The zero-order valence-corrected chi connectivity index (χ0v) is 16.9. The zero-order valence-electron chi connectivity index (χ0n) is 16.9. The van der Waals surface area contributed by atoms with Crippen molar-refractivity contribution in [2.45, 2.75) is 25.5 Å². The number of rotatable bonds is 6. The Bertz CT molecular complexity index is 1020. The van der Waals surface area contributed by atoms with Crippen molar-refractivity contribution in [3.8, 4) is 0 Å². The van der Waals surface area contributed by atoms with Crippen LogP contribution in [0.3, 0.4) is 0 Å². The number of aromatic amines is 1. The molecule has 1 saturated heterocycles. The second kappa shape index (κ2) is 8.08. The number of nitrogens with zero attached hydrogens (tertiary/aromatic N) is 3. The molecular formula is C21H26N6O2. The SMILES string of the molecule is CNc1nccc(N2C[C@H](OC)[C@H](NC(=O)Cc3c(C)[nH]c4ccccc34)C2)n1. The molecule has 8 nitrogen and oxygen atoms in total. The van der Waals surface area contributed by atoms with Crippen LogP contribution in [-0.2, 0) is 16.0 Å². The van der Waals surface area contributed by atoms with Gasteiger partial charge in [0.25, 0.3) is 0 Å². The number of carbonyl (C=O) groups excluding carboxylic acids is 1. The molecule has 1 amide bonds. The van der Waals surface area contributed by atoms with Crippen molar-refractivity contribution in [3.63, 3.8) is 0 Å². The fourth-order valence-electron chi connectivity index (χ4n) is 3.97. The molecule has 3 N–H and O–H groups in total. The summed E-state index contributed by atoms with van der Waals surface area (Å²) in [6, 6.07) is 9.82. The number of para-hydroxylation sites is 1. The molecule has 4 rings (SSSR count). The predicted octanol–water partition coefficient (Wildman–Crippen LogP) is 1.87. The van der Waals surface area contributed by atoms with Crippen LogP contribution in [0.1, 0.15) is 11.3 Å². The number of benzene rings is 1. The second-order valence-electron chi connectivity index (χ2n) is 7.29. The lowest BCUT2D eigenvalue weighted by Crippen LogP contribution is -2.44. The van der Waals surface area contributed by atoms with Crippen LogP contribution in [0.4, 0.5) is 11.8 Å². The Kier molecular flexibility index (Phi) is 5.35. The maximum Gasteiger partial charge on any atom is 0.224 e. The second-order valence-corrected chi connectivity index (χ2v) is 7.29. The third-order valence-electron chi connectivity index (χ3n) is 5.47. The van der Waals surface area contributed by atoms with Gasteiger partial charge in [-0.2, -0.15) is 4.98 Å². The van der Waals surface area contributed by atoms with Crippen LogP contribution in [0.5, 0.6) is 0 Å². The number of aryl methyl sites for hydroxylation is 1. The summed E-state index contributed by atoms with van der Waals surface area (Å²) in [5.74, 6) is 1.37. The molecule has 0 aliphatic carbocycles. The van der Waals surface area contributed by atoms with Gasteiger partial charge in [-0.05, 0) is 24.6 Å². The number of fused-ring (bicyclic) bond motifs is 1. The first-order valence-electron chi connectivity index (χ1n) is 9.73. The summed E-state index contributed by atoms with van der Waals surface area (Å²) in [5.41, 5.74) is 3.12. The largest absolute Gasteiger partial charge is 0.377 e. The Morgan fingerprint density at radius 3 is 2.93 bits per heavy atom. The van der Waals surface area contributed by atoms with E-state index in [1.165, 1.54) is 0 Å². The number of carbonyl (C=O) groups is 1. The quantitative estimate of drug-likeness (QED) is 0.591. The maximum atomic E-state index is 12.8. The Morgan fingerprint density at radius 2 is 2.14 bits per heavy atom. The summed E-state index contributed by atoms with van der Waals surface area (Å²) in [5, 5.41) is 7.21. The van der Waals surface area contributed by atoms with Crippen molar-refractivity contribution in [1.29, 1.82) is 0 Å². The molecule has 1 aliphatic rings. The van der Waals surface area contributed by atoms with Gasteiger partial charge in [0.1, 0.15) is 5.82 Å². The minimum absolute atomic E-state index is 0.00893. The Labute approximate surface area is 169 Å². The Balaban J connectivity index is 1.46. The van der Waals surface area contributed by atoms with Crippen LogP contribution in [0.25, 0.3) is 10.9 Å². The number of amides is 1. The van der Waals surface area contributed by atoms with Crippen molar-refractivity contribution in [1.82, 2.24) is 20.3 Å². The first-order valence-corrected chi connectivity index (χ1v) is 9.73. The number of nitrogens with one attached hydrogen (secondary N) is 3. The van der Waals surface area contributed by atoms with Gasteiger partial charge < -0.3 is 25.3 Å². The molecule has 1 aromatic carbocycles. The molecule has 0 spiro atoms. The number of hydrogen-bond acceptors (Lipinski definition) is 6. The predicted molar refractivity (Wildman–Crippen MR) is 113 cm³/mol. The minimum Gasteiger partial charge on any atom is -0.377 e. The molecule has 0 saturated carbocycles. The van der Waals surface area contributed by atoms with E-state index in [0.717, 1.165) is 28.0 Å². The molecule has 1 fully saturated rings. The van der Waals surface area contributed by atoms with Crippen molar-refractivity contribution in [3.05, 3.63) is 47.8 Å². The molecule has 8 heteroatoms. The highest BCUT2D eigenvalue weighted by Gasteiger charge is 2.35. The fourth-order valence-corrected chi connectivity index (χ4v) is 3.97. The van der Waals surface area contributed by atoms with E-state index in [1.807, 2.05) is 37.3 Å². The van der Waals surface area contributed by atoms with Crippen LogP contribution in [0.2, 0.25) is 0 Å². The van der Waals surface area contributed by atoms with E-state index in [-0.39, 0.29) is 18.1 Å². The van der Waals surface area contributed by atoms with Crippen LogP contribution in [0, 0.1) is 6.92 Å².